The summed E-state index contributed by atoms with van der Waals surface area (Å²) < 4.78 is 7.29. The molecule has 0 aliphatic heterocycles. The molecule has 128 valence electrons. The van der Waals surface area contributed by atoms with E-state index in [4.69, 9.17) is 4.74 Å². The molecule has 0 aliphatic rings. The molecule has 0 saturated heterocycles. The van der Waals surface area contributed by atoms with Crippen LogP contribution in [0.3, 0.4) is 0 Å². The lowest BCUT2D eigenvalue weighted by molar-refractivity contribution is -0.384. The first-order valence-electron chi connectivity index (χ1n) is 7.50. The number of hydrogen-bond acceptors (Lipinski definition) is 7. The Morgan fingerprint density at radius 3 is 2.72 bits per heavy atom. The summed E-state index contributed by atoms with van der Waals surface area (Å²) in [5.41, 5.74) is 1.30. The molecule has 0 bridgehead atoms. The Bertz CT molecular complexity index is 922. The van der Waals surface area contributed by atoms with Gasteiger partial charge >= 0.3 is 0 Å². The number of nitro groups is 1. The summed E-state index contributed by atoms with van der Waals surface area (Å²) in [6.07, 6.45) is 0. The minimum Gasteiger partial charge on any atom is -0.494 e. The first-order valence-corrected chi connectivity index (χ1v) is 9.31. The number of ketones is 1. The highest BCUT2D eigenvalue weighted by Gasteiger charge is 2.12. The van der Waals surface area contributed by atoms with Crippen LogP contribution in [0.4, 0.5) is 5.69 Å². The third kappa shape index (κ3) is 4.15. The predicted molar refractivity (Wildman–Crippen MR) is 98.9 cm³/mol. The lowest BCUT2D eigenvalue weighted by atomic mass is 10.1. The van der Waals surface area contributed by atoms with Crippen molar-refractivity contribution in [3.8, 4) is 5.75 Å². The van der Waals surface area contributed by atoms with Crippen LogP contribution in [0.1, 0.15) is 17.3 Å². The normalized spacial score (nSPS) is 10.8. The number of carbonyl (C=O) groups is 1. The van der Waals surface area contributed by atoms with Crippen molar-refractivity contribution in [2.45, 2.75) is 11.3 Å². The number of nitrogens with zero attached hydrogens (tertiary/aromatic N) is 2. The largest absolute Gasteiger partial charge is 0.494 e. The third-order valence-electron chi connectivity index (χ3n) is 3.38. The van der Waals surface area contributed by atoms with E-state index in [1.54, 1.807) is 0 Å². The van der Waals surface area contributed by atoms with E-state index < -0.39 is 4.92 Å². The molecule has 0 fully saturated rings. The minimum absolute atomic E-state index is 0.0273. The predicted octanol–water partition coefficient (Wildman–Crippen LogP) is 4.58. The summed E-state index contributed by atoms with van der Waals surface area (Å²) in [4.78, 5) is 26.9. The second-order valence-corrected chi connectivity index (χ2v) is 7.31. The summed E-state index contributed by atoms with van der Waals surface area (Å²) in [5.74, 6) is 0.946. The monoisotopic (exact) mass is 374 g/mol. The van der Waals surface area contributed by atoms with Crippen LogP contribution in [-0.2, 0) is 0 Å². The quantitative estimate of drug-likeness (QED) is 0.261. The number of thiazole rings is 1. The Hall–Kier alpha value is -2.45. The number of non-ortho nitro benzene ring substituents is 1. The van der Waals surface area contributed by atoms with E-state index in [0.29, 0.717) is 12.2 Å². The van der Waals surface area contributed by atoms with Crippen molar-refractivity contribution in [2.24, 2.45) is 0 Å². The van der Waals surface area contributed by atoms with E-state index >= 15 is 0 Å². The first kappa shape index (κ1) is 17.4. The van der Waals surface area contributed by atoms with Crippen LogP contribution in [0.2, 0.25) is 0 Å². The molecule has 0 N–H and O–H groups in total. The van der Waals surface area contributed by atoms with Crippen molar-refractivity contribution >= 4 is 44.8 Å². The molecule has 0 radical (unpaired) electrons. The summed E-state index contributed by atoms with van der Waals surface area (Å²) in [5, 5.41) is 10.6. The lowest BCUT2D eigenvalue weighted by Gasteiger charge is -2.00. The fraction of sp³-hybridized carbons (Fsp3) is 0.176. The summed E-state index contributed by atoms with van der Waals surface area (Å²) in [6.45, 7) is 2.54. The number of ether oxygens (including phenoxy) is 1. The number of hydrogen-bond donors (Lipinski definition) is 0. The molecule has 0 aliphatic carbocycles. The maximum absolute atomic E-state index is 12.2. The van der Waals surface area contributed by atoms with Gasteiger partial charge in [-0.1, -0.05) is 11.8 Å². The van der Waals surface area contributed by atoms with Gasteiger partial charge in [-0.2, -0.15) is 0 Å². The van der Waals surface area contributed by atoms with E-state index in [9.17, 15) is 14.9 Å². The molecule has 1 heterocycles. The van der Waals surface area contributed by atoms with E-state index in [-0.39, 0.29) is 17.2 Å². The zero-order valence-electron chi connectivity index (χ0n) is 13.3. The number of rotatable bonds is 7. The zero-order chi connectivity index (χ0) is 17.8. The van der Waals surface area contributed by atoms with E-state index in [2.05, 4.69) is 4.98 Å². The van der Waals surface area contributed by atoms with Gasteiger partial charge in [-0.15, -0.1) is 11.3 Å². The number of benzene rings is 2. The van der Waals surface area contributed by atoms with E-state index in [0.717, 1.165) is 20.3 Å². The van der Waals surface area contributed by atoms with Gasteiger partial charge in [0.05, 0.1) is 27.5 Å². The van der Waals surface area contributed by atoms with Gasteiger partial charge in [-0.05, 0) is 37.3 Å². The Morgan fingerprint density at radius 1 is 1.28 bits per heavy atom. The molecule has 8 heteroatoms. The van der Waals surface area contributed by atoms with Gasteiger partial charge in [-0.25, -0.2) is 4.98 Å². The van der Waals surface area contributed by atoms with Gasteiger partial charge in [0.25, 0.3) is 5.69 Å². The molecular formula is C17H14N2O4S2. The standard InChI is InChI=1S/C17H14N2O4S2/c1-2-23-13-7-8-14-16(9-13)25-17(18-14)24-10-15(20)11-3-5-12(6-4-11)19(21)22/h3-9H,2,10H2,1H3. The number of thioether (sulfide) groups is 1. The van der Waals surface area contributed by atoms with Crippen molar-refractivity contribution in [3.63, 3.8) is 0 Å². The fourth-order valence-corrected chi connectivity index (χ4v) is 4.17. The molecule has 0 unspecified atom stereocenters. The van der Waals surface area contributed by atoms with Gasteiger partial charge < -0.3 is 4.74 Å². The molecule has 3 aromatic rings. The van der Waals surface area contributed by atoms with Gasteiger partial charge in [0.1, 0.15) is 5.75 Å². The SMILES string of the molecule is CCOc1ccc2nc(SCC(=O)c3ccc([N+](=O)[O-])cc3)sc2c1. The summed E-state index contributed by atoms with van der Waals surface area (Å²) in [7, 11) is 0. The zero-order valence-corrected chi connectivity index (χ0v) is 14.9. The van der Waals surface area contributed by atoms with Crippen LogP contribution in [0.5, 0.6) is 5.75 Å². The Labute approximate surface area is 152 Å². The van der Waals surface area contributed by atoms with Crippen molar-refractivity contribution in [1.82, 2.24) is 4.98 Å². The van der Waals surface area contributed by atoms with Gasteiger partial charge in [0, 0.05) is 17.7 Å². The van der Waals surface area contributed by atoms with E-state index in [1.807, 2.05) is 25.1 Å². The van der Waals surface area contributed by atoms with Crippen LogP contribution in [0, 0.1) is 10.1 Å². The van der Waals surface area contributed by atoms with Gasteiger partial charge in [-0.3, -0.25) is 14.9 Å². The minimum atomic E-state index is -0.485. The Kier molecular flexibility index (Phi) is 5.30. The van der Waals surface area contributed by atoms with Crippen molar-refractivity contribution in [2.75, 3.05) is 12.4 Å². The number of Topliss-reactive ketones (excluding diaryl/α,β-unsaturated/α-hetero) is 1. The van der Waals surface area contributed by atoms with Gasteiger partial charge in [0.15, 0.2) is 10.1 Å². The smallest absolute Gasteiger partial charge is 0.269 e. The highest BCUT2D eigenvalue weighted by atomic mass is 32.2. The second kappa shape index (κ2) is 7.62. The average Bonchev–Trinajstić information content (AvgIpc) is 3.02. The number of nitro benzene ring substituents is 1. The first-order chi connectivity index (χ1) is 12.1. The van der Waals surface area contributed by atoms with Crippen LogP contribution in [0.15, 0.2) is 46.8 Å². The Balaban J connectivity index is 1.67. The molecule has 0 amide bonds. The van der Waals surface area contributed by atoms with E-state index in [1.165, 1.54) is 47.4 Å². The number of fused-ring (bicyclic) bond motifs is 1. The molecule has 0 spiro atoms. The molecule has 3 rings (SSSR count). The van der Waals surface area contributed by atoms with Gasteiger partial charge in [0.2, 0.25) is 0 Å². The topological polar surface area (TPSA) is 82.3 Å². The summed E-state index contributed by atoms with van der Waals surface area (Å²) in [6, 6.07) is 11.4. The highest BCUT2D eigenvalue weighted by Crippen LogP contribution is 2.32. The number of carbonyl (C=O) groups excluding carboxylic acids is 1. The van der Waals surface area contributed by atoms with Crippen molar-refractivity contribution < 1.29 is 14.5 Å². The van der Waals surface area contributed by atoms with Crippen LogP contribution < -0.4 is 4.74 Å². The molecular weight excluding hydrogens is 360 g/mol. The van der Waals surface area contributed by atoms with Crippen LogP contribution >= 0.6 is 23.1 Å². The van der Waals surface area contributed by atoms with Crippen LogP contribution in [0.25, 0.3) is 10.2 Å². The fourth-order valence-electron chi connectivity index (χ4n) is 2.18. The molecule has 1 aromatic heterocycles. The maximum atomic E-state index is 12.2. The second-order valence-electron chi connectivity index (χ2n) is 5.06. The molecule has 25 heavy (non-hydrogen) atoms. The molecule has 6 nitrogen and oxygen atoms in total. The average molecular weight is 374 g/mol. The number of aromatic nitrogens is 1. The lowest BCUT2D eigenvalue weighted by Crippen LogP contribution is -2.02. The molecule has 0 atom stereocenters. The maximum Gasteiger partial charge on any atom is 0.269 e. The summed E-state index contributed by atoms with van der Waals surface area (Å²) >= 11 is 2.87. The Morgan fingerprint density at radius 2 is 2.04 bits per heavy atom. The van der Waals surface area contributed by atoms with Crippen molar-refractivity contribution in [3.05, 3.63) is 58.1 Å². The van der Waals surface area contributed by atoms with Crippen molar-refractivity contribution in [1.29, 1.82) is 0 Å². The van der Waals surface area contributed by atoms with Crippen LogP contribution in [-0.4, -0.2) is 28.1 Å². The highest BCUT2D eigenvalue weighted by molar-refractivity contribution is 8.01. The molecule has 0 saturated carbocycles. The molecule has 2 aromatic carbocycles. The third-order valence-corrected chi connectivity index (χ3v) is 5.54.